The van der Waals surface area contributed by atoms with Gasteiger partial charge in [0.1, 0.15) is 11.3 Å². The van der Waals surface area contributed by atoms with Crippen molar-refractivity contribution in [1.82, 2.24) is 0 Å². The minimum Gasteiger partial charge on any atom is -0.492 e. The van der Waals surface area contributed by atoms with Gasteiger partial charge in [-0.25, -0.2) is 9.59 Å². The Balaban J connectivity index is 2.55. The van der Waals surface area contributed by atoms with E-state index in [9.17, 15) is 18.4 Å². The van der Waals surface area contributed by atoms with Crippen LogP contribution in [0.1, 0.15) is 55.5 Å². The van der Waals surface area contributed by atoms with Crippen molar-refractivity contribution in [3.8, 4) is 17.2 Å². The molecule has 0 bridgehead atoms. The fraction of sp³-hybridized carbons (Fsp3) is 0.474. The van der Waals surface area contributed by atoms with Crippen LogP contribution in [0.4, 0.5) is 8.78 Å². The van der Waals surface area contributed by atoms with Crippen LogP contribution in [0.15, 0.2) is 12.1 Å². The summed E-state index contributed by atoms with van der Waals surface area (Å²) >= 11 is 0. The first-order chi connectivity index (χ1) is 13.3. The Bertz CT molecular complexity index is 759. The smallest absolute Gasteiger partial charge is 0.492 e. The van der Waals surface area contributed by atoms with Gasteiger partial charge < -0.3 is 24.1 Å². The Morgan fingerprint density at radius 3 is 2.50 bits per heavy atom. The highest BCUT2D eigenvalue weighted by Crippen LogP contribution is 2.49. The van der Waals surface area contributed by atoms with Crippen molar-refractivity contribution in [3.05, 3.63) is 23.3 Å². The number of fused-ring (bicyclic) bond motifs is 1. The molecule has 1 heterocycles. The van der Waals surface area contributed by atoms with Crippen LogP contribution < -0.4 is 14.2 Å². The molecule has 0 saturated carbocycles. The number of benzene rings is 1. The highest BCUT2D eigenvalue weighted by atomic mass is 19.3. The molecule has 154 valence electrons. The quantitative estimate of drug-likeness (QED) is 0.357. The number of hydrogen-bond donors (Lipinski definition) is 1. The second kappa shape index (κ2) is 9.38. The first-order valence-electron chi connectivity index (χ1n) is 8.96. The van der Waals surface area contributed by atoms with Gasteiger partial charge in [-0.1, -0.05) is 26.7 Å². The van der Waals surface area contributed by atoms with Gasteiger partial charge in [0.05, 0.1) is 13.2 Å². The number of carbonyl (C=O) groups excluding carboxylic acids is 1. The number of halogens is 2. The maximum Gasteiger partial charge on any atom is 0.586 e. The predicted octanol–water partition coefficient (Wildman–Crippen LogP) is 4.24. The van der Waals surface area contributed by atoms with E-state index >= 15 is 0 Å². The van der Waals surface area contributed by atoms with Crippen molar-refractivity contribution in [1.29, 1.82) is 0 Å². The summed E-state index contributed by atoms with van der Waals surface area (Å²) < 4.78 is 47.0. The van der Waals surface area contributed by atoms with E-state index in [1.807, 2.05) is 13.8 Å². The number of aliphatic carboxylic acids is 1. The minimum atomic E-state index is -3.96. The lowest BCUT2D eigenvalue weighted by molar-refractivity contribution is -0.286. The summed E-state index contributed by atoms with van der Waals surface area (Å²) in [6.07, 6.45) is 0.754. The molecule has 0 spiro atoms. The summed E-state index contributed by atoms with van der Waals surface area (Å²) in [4.78, 5) is 23.5. The Hall–Kier alpha value is -2.84. The molecule has 0 unspecified atom stereocenters. The number of carbonyl (C=O) groups is 2. The number of unbranched alkanes of at least 4 members (excludes halogenated alkanes) is 2. The summed E-state index contributed by atoms with van der Waals surface area (Å²) in [5.41, 5.74) is -0.270. The average molecular weight is 400 g/mol. The molecule has 28 heavy (non-hydrogen) atoms. The number of esters is 1. The maximum absolute atomic E-state index is 13.6. The predicted molar refractivity (Wildman–Crippen MR) is 94.9 cm³/mol. The second-order valence-electron chi connectivity index (χ2n) is 6.03. The third-order valence-electron chi connectivity index (χ3n) is 3.76. The molecule has 0 atom stereocenters. The van der Waals surface area contributed by atoms with Gasteiger partial charge in [-0.15, -0.1) is 8.78 Å². The second-order valence-corrected chi connectivity index (χ2v) is 6.03. The summed E-state index contributed by atoms with van der Waals surface area (Å²) in [7, 11) is 0. The molecule has 0 radical (unpaired) electrons. The molecule has 1 aromatic rings. The van der Waals surface area contributed by atoms with Crippen LogP contribution in [0.2, 0.25) is 0 Å². The van der Waals surface area contributed by atoms with Crippen LogP contribution in [0.25, 0.3) is 6.08 Å². The summed E-state index contributed by atoms with van der Waals surface area (Å²) in [6.45, 7) is 4.11. The first-order valence-corrected chi connectivity index (χ1v) is 8.96. The molecule has 2 rings (SSSR count). The topological polar surface area (TPSA) is 91.3 Å². The maximum atomic E-state index is 13.6. The molecule has 9 heteroatoms. The number of carboxylic acid groups (broad SMARTS) is 1. The molecule has 1 N–H and O–H groups in total. The number of ether oxygens (including phenoxy) is 4. The number of hydrogen-bond acceptors (Lipinski definition) is 6. The van der Waals surface area contributed by atoms with E-state index < -0.39 is 29.7 Å². The molecule has 1 aliphatic rings. The van der Waals surface area contributed by atoms with Crippen molar-refractivity contribution in [3.63, 3.8) is 0 Å². The van der Waals surface area contributed by atoms with E-state index in [0.717, 1.165) is 31.1 Å². The summed E-state index contributed by atoms with van der Waals surface area (Å²) in [5.74, 6) is -3.16. The minimum absolute atomic E-state index is 0.0843. The van der Waals surface area contributed by atoms with E-state index in [2.05, 4.69) is 9.47 Å². The van der Waals surface area contributed by atoms with Crippen molar-refractivity contribution in [2.75, 3.05) is 13.2 Å². The van der Waals surface area contributed by atoms with Gasteiger partial charge in [-0.05, 0) is 25.0 Å². The van der Waals surface area contributed by atoms with Crippen LogP contribution in [-0.2, 0) is 9.53 Å². The molecule has 0 amide bonds. The zero-order chi connectivity index (χ0) is 20.7. The Morgan fingerprint density at radius 2 is 1.86 bits per heavy atom. The van der Waals surface area contributed by atoms with Gasteiger partial charge >= 0.3 is 18.2 Å². The number of carboxylic acids is 1. The van der Waals surface area contributed by atoms with Crippen molar-refractivity contribution in [2.24, 2.45) is 0 Å². The van der Waals surface area contributed by atoms with Gasteiger partial charge in [-0.2, -0.15) is 0 Å². The molecule has 0 aromatic heterocycles. The largest absolute Gasteiger partial charge is 0.586 e. The van der Waals surface area contributed by atoms with Gasteiger partial charge in [-0.3, -0.25) is 0 Å². The van der Waals surface area contributed by atoms with Crippen LogP contribution in [0.3, 0.4) is 0 Å². The van der Waals surface area contributed by atoms with Crippen LogP contribution in [0, 0.1) is 0 Å². The zero-order valence-electron chi connectivity index (χ0n) is 15.6. The van der Waals surface area contributed by atoms with Crippen molar-refractivity contribution >= 4 is 18.0 Å². The zero-order valence-corrected chi connectivity index (χ0v) is 15.6. The van der Waals surface area contributed by atoms with E-state index in [-0.39, 0.29) is 30.1 Å². The molecule has 0 fully saturated rings. The van der Waals surface area contributed by atoms with Crippen molar-refractivity contribution in [2.45, 2.75) is 45.8 Å². The molecular weight excluding hydrogens is 378 g/mol. The average Bonchev–Trinajstić information content (AvgIpc) is 2.93. The van der Waals surface area contributed by atoms with Gasteiger partial charge in [0, 0.05) is 11.6 Å². The Labute approximate surface area is 160 Å². The van der Waals surface area contributed by atoms with E-state index in [1.54, 1.807) is 0 Å². The fourth-order valence-corrected chi connectivity index (χ4v) is 2.41. The third-order valence-corrected chi connectivity index (χ3v) is 3.76. The van der Waals surface area contributed by atoms with Crippen LogP contribution in [0.5, 0.6) is 17.2 Å². The Morgan fingerprint density at radius 1 is 1.18 bits per heavy atom. The molecule has 7 nitrogen and oxygen atoms in total. The first kappa shape index (κ1) is 21.5. The number of rotatable bonds is 10. The van der Waals surface area contributed by atoms with Gasteiger partial charge in [0.2, 0.25) is 0 Å². The lowest BCUT2D eigenvalue weighted by atomic mass is 10.1. The lowest BCUT2D eigenvalue weighted by Crippen LogP contribution is -2.26. The van der Waals surface area contributed by atoms with Crippen LogP contribution in [-0.4, -0.2) is 36.6 Å². The van der Waals surface area contributed by atoms with Crippen molar-refractivity contribution < 1.29 is 42.4 Å². The molecule has 0 aliphatic carbocycles. The molecule has 1 aliphatic heterocycles. The van der Waals surface area contributed by atoms with Gasteiger partial charge in [0.25, 0.3) is 0 Å². The van der Waals surface area contributed by atoms with Gasteiger partial charge in [0.15, 0.2) is 11.5 Å². The molecular formula is C19H22F2O7. The third kappa shape index (κ3) is 5.34. The normalized spacial score (nSPS) is 14.3. The monoisotopic (exact) mass is 400 g/mol. The van der Waals surface area contributed by atoms with E-state index in [1.165, 1.54) is 0 Å². The van der Waals surface area contributed by atoms with E-state index in [4.69, 9.17) is 14.6 Å². The summed E-state index contributed by atoms with van der Waals surface area (Å²) in [6, 6.07) is 1.14. The number of alkyl halides is 2. The molecule has 0 saturated heterocycles. The Kier molecular flexibility index (Phi) is 7.19. The SMILES string of the molecule is CCCCOC(=O)c1c(OCCCC)c(/C=C/C(=O)O)cc2c1OC(F)(F)O2. The summed E-state index contributed by atoms with van der Waals surface area (Å²) in [5, 5.41) is 8.88. The molecule has 1 aromatic carbocycles. The lowest BCUT2D eigenvalue weighted by Gasteiger charge is -2.15. The van der Waals surface area contributed by atoms with E-state index in [0.29, 0.717) is 12.8 Å². The highest BCUT2D eigenvalue weighted by Gasteiger charge is 2.47. The van der Waals surface area contributed by atoms with Crippen LogP contribution >= 0.6 is 0 Å². The fourth-order valence-electron chi connectivity index (χ4n) is 2.41. The highest BCUT2D eigenvalue weighted by molar-refractivity contribution is 5.99. The standard InChI is InChI=1S/C19H22F2O7/c1-3-5-9-25-16-12(7-8-14(22)23)11-13-17(28-19(20,21)27-13)15(16)18(24)26-10-6-4-2/h7-8,11H,3-6,9-10H2,1-2H3,(H,22,23)/b8-7+.